The van der Waals surface area contributed by atoms with Crippen LogP contribution in [-0.4, -0.2) is 5.97 Å². The van der Waals surface area contributed by atoms with Crippen LogP contribution >= 0.6 is 11.6 Å². The Labute approximate surface area is 260 Å². The number of aryl methyl sites for hydroxylation is 1. The summed E-state index contributed by atoms with van der Waals surface area (Å²) in [5.74, 6) is 1.53. The molecule has 0 N–H and O–H groups in total. The quantitative estimate of drug-likeness (QED) is 0.0947. The second kappa shape index (κ2) is 17.5. The molecule has 1 fully saturated rings. The van der Waals surface area contributed by atoms with E-state index in [0.29, 0.717) is 22.3 Å². The molecule has 1 aliphatic carbocycles. The van der Waals surface area contributed by atoms with Gasteiger partial charge in [-0.15, -0.1) is 0 Å². The van der Waals surface area contributed by atoms with Crippen molar-refractivity contribution in [1.29, 1.82) is 0 Å². The van der Waals surface area contributed by atoms with Crippen LogP contribution in [0.25, 0.3) is 11.1 Å². The lowest BCUT2D eigenvalue weighted by atomic mass is 9.77. The molecule has 3 aromatic rings. The highest BCUT2D eigenvalue weighted by Gasteiger charge is 2.24. The first kappa shape index (κ1) is 32.3. The summed E-state index contributed by atoms with van der Waals surface area (Å²) in [5, 5.41) is 0.686. The minimum Gasteiger partial charge on any atom is -0.423 e. The van der Waals surface area contributed by atoms with Gasteiger partial charge in [0.15, 0.2) is 0 Å². The fourth-order valence-corrected chi connectivity index (χ4v) is 6.80. The van der Waals surface area contributed by atoms with Crippen molar-refractivity contribution in [2.45, 2.75) is 122 Å². The van der Waals surface area contributed by atoms with Crippen molar-refractivity contribution in [3.63, 3.8) is 0 Å². The van der Waals surface area contributed by atoms with Crippen molar-refractivity contribution in [3.05, 3.63) is 88.4 Å². The number of unbranched alkanes of at least 4 members (excludes halogenated alkanes) is 8. The zero-order valence-electron chi connectivity index (χ0n) is 26.0. The van der Waals surface area contributed by atoms with Gasteiger partial charge in [0, 0.05) is 5.02 Å². The van der Waals surface area contributed by atoms with Gasteiger partial charge in [0.1, 0.15) is 5.75 Å². The van der Waals surface area contributed by atoms with Crippen molar-refractivity contribution in [3.8, 4) is 16.9 Å². The normalized spacial score (nSPS) is 16.8. The minimum absolute atomic E-state index is 0.369. The molecule has 0 spiro atoms. The number of carbonyl (C=O) groups excluding carboxylic acids is 1. The van der Waals surface area contributed by atoms with Crippen molar-refractivity contribution in [2.24, 2.45) is 5.92 Å². The van der Waals surface area contributed by atoms with E-state index in [-0.39, 0.29) is 5.97 Å². The maximum Gasteiger partial charge on any atom is 0.343 e. The first-order valence-corrected chi connectivity index (χ1v) is 17.2. The van der Waals surface area contributed by atoms with Gasteiger partial charge in [-0.2, -0.15) is 0 Å². The summed E-state index contributed by atoms with van der Waals surface area (Å²) in [4.78, 5) is 12.9. The van der Waals surface area contributed by atoms with Crippen molar-refractivity contribution < 1.29 is 9.53 Å². The highest BCUT2D eigenvalue weighted by atomic mass is 35.5. The summed E-state index contributed by atoms with van der Waals surface area (Å²) < 4.78 is 5.70. The first-order valence-electron chi connectivity index (χ1n) is 16.8. The SMILES string of the molecule is CCCCCCCCc1ccc(-c2ccc(OC(=O)c3ccc(C4CCC(CCCCCC)CC4)c(Cl)c3)cc2)cc1. The Bertz CT molecular complexity index is 1210. The van der Waals surface area contributed by atoms with Gasteiger partial charge < -0.3 is 4.74 Å². The molecule has 1 saturated carbocycles. The number of hydrogen-bond acceptors (Lipinski definition) is 2. The summed E-state index contributed by atoms with van der Waals surface area (Å²) >= 11 is 6.71. The van der Waals surface area contributed by atoms with Gasteiger partial charge in [-0.1, -0.05) is 132 Å². The van der Waals surface area contributed by atoms with Crippen LogP contribution in [0.2, 0.25) is 5.02 Å². The van der Waals surface area contributed by atoms with Gasteiger partial charge in [0.2, 0.25) is 0 Å². The summed E-state index contributed by atoms with van der Waals surface area (Å²) in [5.41, 5.74) is 5.37. The maximum absolute atomic E-state index is 12.9. The zero-order chi connectivity index (χ0) is 29.6. The molecule has 0 radical (unpaired) electrons. The lowest BCUT2D eigenvalue weighted by Crippen LogP contribution is -2.14. The topological polar surface area (TPSA) is 26.3 Å². The second-order valence-corrected chi connectivity index (χ2v) is 12.8. The maximum atomic E-state index is 12.9. The minimum atomic E-state index is -0.369. The monoisotopic (exact) mass is 586 g/mol. The molecule has 42 heavy (non-hydrogen) atoms. The van der Waals surface area contributed by atoms with Crippen LogP contribution in [0, 0.1) is 5.92 Å². The summed E-state index contributed by atoms with van der Waals surface area (Å²) in [6, 6.07) is 22.3. The molecule has 0 aromatic heterocycles. The van der Waals surface area contributed by atoms with Crippen LogP contribution in [0.15, 0.2) is 66.7 Å². The Kier molecular flexibility index (Phi) is 13.5. The van der Waals surface area contributed by atoms with Gasteiger partial charge in [0.05, 0.1) is 5.56 Å². The Morgan fingerprint density at radius 1 is 0.714 bits per heavy atom. The van der Waals surface area contributed by atoms with Gasteiger partial charge in [0.25, 0.3) is 0 Å². The lowest BCUT2D eigenvalue weighted by molar-refractivity contribution is 0.0734. The van der Waals surface area contributed by atoms with Crippen LogP contribution in [0.1, 0.15) is 138 Å². The summed E-state index contributed by atoms with van der Waals surface area (Å²) in [7, 11) is 0. The first-order chi connectivity index (χ1) is 20.6. The third-order valence-corrected chi connectivity index (χ3v) is 9.49. The average molecular weight is 587 g/mol. The Morgan fingerprint density at radius 3 is 1.95 bits per heavy atom. The number of benzene rings is 3. The van der Waals surface area contributed by atoms with Crippen LogP contribution in [0.3, 0.4) is 0 Å². The van der Waals surface area contributed by atoms with E-state index in [1.165, 1.54) is 113 Å². The van der Waals surface area contributed by atoms with Gasteiger partial charge >= 0.3 is 5.97 Å². The fourth-order valence-electron chi connectivity index (χ4n) is 6.46. The van der Waals surface area contributed by atoms with Gasteiger partial charge in [-0.05, 0) is 96.9 Å². The highest BCUT2D eigenvalue weighted by molar-refractivity contribution is 6.31. The lowest BCUT2D eigenvalue weighted by Gasteiger charge is -2.29. The molecule has 0 aliphatic heterocycles. The molecule has 0 atom stereocenters. The molecule has 0 heterocycles. The van der Waals surface area contributed by atoms with Crippen LogP contribution in [0.5, 0.6) is 5.75 Å². The van der Waals surface area contributed by atoms with Crippen molar-refractivity contribution in [1.82, 2.24) is 0 Å². The molecule has 0 unspecified atom stereocenters. The van der Waals surface area contributed by atoms with E-state index in [2.05, 4.69) is 38.1 Å². The van der Waals surface area contributed by atoms with E-state index in [0.717, 1.165) is 17.9 Å². The van der Waals surface area contributed by atoms with E-state index >= 15 is 0 Å². The number of carbonyl (C=O) groups is 1. The number of rotatable bonds is 16. The standard InChI is InChI=1S/C39H51ClO2/c1-3-5-7-9-10-12-14-30-15-19-32(20-16-30)33-23-26-36(27-24-33)42-39(41)35-25-28-37(38(40)29-35)34-21-17-31(18-22-34)13-11-8-6-4-2/h15-16,19-20,23-29,31,34H,3-14,17-18,21-22H2,1-2H3. The third-order valence-electron chi connectivity index (χ3n) is 9.16. The predicted molar refractivity (Wildman–Crippen MR) is 179 cm³/mol. The average Bonchev–Trinajstić information content (AvgIpc) is 3.02. The molecule has 3 aromatic carbocycles. The van der Waals surface area contributed by atoms with Crippen molar-refractivity contribution >= 4 is 17.6 Å². The Hall–Kier alpha value is -2.58. The molecular weight excluding hydrogens is 536 g/mol. The number of esters is 1. The molecule has 226 valence electrons. The summed E-state index contributed by atoms with van der Waals surface area (Å²) in [6.07, 6.45) is 20.8. The zero-order valence-corrected chi connectivity index (χ0v) is 26.8. The Morgan fingerprint density at radius 2 is 1.31 bits per heavy atom. The summed E-state index contributed by atoms with van der Waals surface area (Å²) in [6.45, 7) is 4.53. The highest BCUT2D eigenvalue weighted by Crippen LogP contribution is 2.40. The predicted octanol–water partition coefficient (Wildman–Crippen LogP) is 12.4. The number of hydrogen-bond donors (Lipinski definition) is 0. The molecule has 3 heteroatoms. The number of halogens is 1. The van der Waals surface area contributed by atoms with Crippen LogP contribution in [0.4, 0.5) is 0 Å². The fraction of sp³-hybridized carbons (Fsp3) is 0.513. The van der Waals surface area contributed by atoms with Gasteiger partial charge in [-0.3, -0.25) is 0 Å². The molecule has 4 rings (SSSR count). The van der Waals surface area contributed by atoms with E-state index in [1.807, 2.05) is 36.4 Å². The van der Waals surface area contributed by atoms with Gasteiger partial charge in [-0.25, -0.2) is 4.79 Å². The largest absolute Gasteiger partial charge is 0.423 e. The van der Waals surface area contributed by atoms with E-state index < -0.39 is 0 Å². The Balaban J connectivity index is 1.24. The van der Waals surface area contributed by atoms with E-state index in [9.17, 15) is 4.79 Å². The third kappa shape index (κ3) is 10.0. The van der Waals surface area contributed by atoms with E-state index in [4.69, 9.17) is 16.3 Å². The molecule has 0 bridgehead atoms. The molecule has 2 nitrogen and oxygen atoms in total. The van der Waals surface area contributed by atoms with Crippen LogP contribution < -0.4 is 4.74 Å². The smallest absolute Gasteiger partial charge is 0.343 e. The number of ether oxygens (including phenoxy) is 1. The molecular formula is C39H51ClO2. The second-order valence-electron chi connectivity index (χ2n) is 12.4. The van der Waals surface area contributed by atoms with Crippen LogP contribution in [-0.2, 0) is 6.42 Å². The van der Waals surface area contributed by atoms with E-state index in [1.54, 1.807) is 6.07 Å². The molecule has 1 aliphatic rings. The molecule has 0 saturated heterocycles. The molecule has 0 amide bonds. The van der Waals surface area contributed by atoms with Crippen molar-refractivity contribution in [2.75, 3.05) is 0 Å².